The van der Waals surface area contributed by atoms with E-state index in [1.807, 2.05) is 18.2 Å². The van der Waals surface area contributed by atoms with Gasteiger partial charge in [-0.25, -0.2) is 4.79 Å². The van der Waals surface area contributed by atoms with Crippen molar-refractivity contribution in [2.24, 2.45) is 5.73 Å². The van der Waals surface area contributed by atoms with Crippen molar-refractivity contribution in [3.63, 3.8) is 0 Å². The van der Waals surface area contributed by atoms with Gasteiger partial charge >= 0.3 is 5.97 Å². The quantitative estimate of drug-likeness (QED) is 0.846. The van der Waals surface area contributed by atoms with E-state index in [1.54, 1.807) is 0 Å². The fourth-order valence-corrected chi connectivity index (χ4v) is 2.41. The molecule has 3 N–H and O–H groups in total. The van der Waals surface area contributed by atoms with E-state index in [9.17, 15) is 14.7 Å². The highest BCUT2D eigenvalue weighted by molar-refractivity contribution is 6.07. The van der Waals surface area contributed by atoms with Gasteiger partial charge in [0.25, 0.3) is 0 Å². The van der Waals surface area contributed by atoms with Crippen LogP contribution in [0.3, 0.4) is 0 Å². The molecule has 1 aliphatic rings. The van der Waals surface area contributed by atoms with Crippen molar-refractivity contribution in [1.29, 1.82) is 0 Å². The van der Waals surface area contributed by atoms with Crippen LogP contribution in [-0.2, 0) is 22.4 Å². The second-order valence-electron chi connectivity index (χ2n) is 5.27. The van der Waals surface area contributed by atoms with Crippen LogP contribution in [0.4, 0.5) is 5.69 Å². The van der Waals surface area contributed by atoms with Crippen molar-refractivity contribution in [1.82, 2.24) is 0 Å². The molecule has 0 saturated carbocycles. The minimum absolute atomic E-state index is 0.174. The smallest absolute Gasteiger partial charge is 0.329 e. The first-order chi connectivity index (χ1) is 8.87. The number of carboxylic acids is 1. The Balaban J connectivity index is 2.43. The Morgan fingerprint density at radius 1 is 1.47 bits per heavy atom. The van der Waals surface area contributed by atoms with E-state index in [2.05, 4.69) is 0 Å². The van der Waals surface area contributed by atoms with Crippen LogP contribution >= 0.6 is 0 Å². The molecule has 1 aromatic carbocycles. The molecular formula is C14H18N2O3. The molecule has 0 atom stereocenters. The summed E-state index contributed by atoms with van der Waals surface area (Å²) in [5, 5.41) is 9.27. The van der Waals surface area contributed by atoms with E-state index in [1.165, 1.54) is 18.7 Å². The largest absolute Gasteiger partial charge is 0.480 e. The lowest BCUT2D eigenvalue weighted by molar-refractivity contribution is -0.143. The first-order valence-corrected chi connectivity index (χ1v) is 6.26. The predicted molar refractivity (Wildman–Crippen MR) is 72.1 cm³/mol. The first kappa shape index (κ1) is 13.5. The van der Waals surface area contributed by atoms with Crippen molar-refractivity contribution < 1.29 is 14.7 Å². The number of benzene rings is 1. The summed E-state index contributed by atoms with van der Waals surface area (Å²) in [7, 11) is 0. The third kappa shape index (κ3) is 2.21. The van der Waals surface area contributed by atoms with E-state index in [4.69, 9.17) is 5.73 Å². The second-order valence-corrected chi connectivity index (χ2v) is 5.27. The van der Waals surface area contributed by atoms with Gasteiger partial charge in [0.05, 0.1) is 6.42 Å². The summed E-state index contributed by atoms with van der Waals surface area (Å²) in [4.78, 5) is 24.8. The molecule has 0 unspecified atom stereocenters. The Morgan fingerprint density at radius 2 is 2.16 bits per heavy atom. The zero-order chi connectivity index (χ0) is 14.2. The number of nitrogens with zero attached hydrogens (tertiary/aromatic N) is 1. The van der Waals surface area contributed by atoms with Crippen LogP contribution in [0.15, 0.2) is 18.2 Å². The standard InChI is InChI=1S/C14H18N2O3/c1-14(2,13(18)19)16-11-4-3-9(5-6-15)7-10(11)8-12(16)17/h3-4,7H,5-6,8,15H2,1-2H3,(H,18,19). The summed E-state index contributed by atoms with van der Waals surface area (Å²) < 4.78 is 0. The van der Waals surface area contributed by atoms with Gasteiger partial charge in [-0.3, -0.25) is 9.69 Å². The Bertz CT molecular complexity index is 537. The molecule has 0 spiro atoms. The average molecular weight is 262 g/mol. The van der Waals surface area contributed by atoms with Crippen molar-refractivity contribution in [3.05, 3.63) is 29.3 Å². The second kappa shape index (κ2) is 4.66. The molecule has 1 heterocycles. The Morgan fingerprint density at radius 3 is 2.74 bits per heavy atom. The SMILES string of the molecule is CC(C)(C(=O)O)N1C(=O)Cc2cc(CCN)ccc21. The average Bonchev–Trinajstić information content (AvgIpc) is 2.64. The highest BCUT2D eigenvalue weighted by atomic mass is 16.4. The number of aliphatic carboxylic acids is 1. The molecule has 1 amide bonds. The molecule has 5 nitrogen and oxygen atoms in total. The van der Waals surface area contributed by atoms with E-state index >= 15 is 0 Å². The molecule has 0 aliphatic carbocycles. The van der Waals surface area contributed by atoms with Crippen LogP contribution in [0, 0.1) is 0 Å². The third-order valence-electron chi connectivity index (χ3n) is 3.49. The Kier molecular flexibility index (Phi) is 3.32. The van der Waals surface area contributed by atoms with Crippen LogP contribution in [0.5, 0.6) is 0 Å². The molecule has 102 valence electrons. The molecular weight excluding hydrogens is 244 g/mol. The number of hydrogen-bond donors (Lipinski definition) is 2. The molecule has 0 radical (unpaired) electrons. The lowest BCUT2D eigenvalue weighted by Gasteiger charge is -2.32. The molecule has 0 saturated heterocycles. The maximum Gasteiger partial charge on any atom is 0.329 e. The normalized spacial score (nSPS) is 14.7. The van der Waals surface area contributed by atoms with Crippen molar-refractivity contribution in [3.8, 4) is 0 Å². The monoisotopic (exact) mass is 262 g/mol. The van der Waals surface area contributed by atoms with Crippen LogP contribution in [-0.4, -0.2) is 29.1 Å². The van der Waals surface area contributed by atoms with Crippen LogP contribution in [0.1, 0.15) is 25.0 Å². The molecule has 19 heavy (non-hydrogen) atoms. The molecule has 1 aliphatic heterocycles. The fraction of sp³-hybridized carbons (Fsp3) is 0.429. The number of carbonyl (C=O) groups is 2. The van der Waals surface area contributed by atoms with E-state index in [-0.39, 0.29) is 12.3 Å². The number of anilines is 1. The third-order valence-corrected chi connectivity index (χ3v) is 3.49. The molecule has 0 fully saturated rings. The van der Waals surface area contributed by atoms with Gasteiger partial charge in [0, 0.05) is 5.69 Å². The summed E-state index contributed by atoms with van der Waals surface area (Å²) in [5.41, 5.74) is 6.92. The topological polar surface area (TPSA) is 83.6 Å². The van der Waals surface area contributed by atoms with Crippen LogP contribution in [0.25, 0.3) is 0 Å². The van der Waals surface area contributed by atoms with E-state index < -0.39 is 11.5 Å². The Labute approximate surface area is 112 Å². The van der Waals surface area contributed by atoms with Gasteiger partial charge in [-0.1, -0.05) is 12.1 Å². The minimum Gasteiger partial charge on any atom is -0.480 e. The van der Waals surface area contributed by atoms with Crippen LogP contribution in [0.2, 0.25) is 0 Å². The molecule has 1 aromatic rings. The zero-order valence-corrected chi connectivity index (χ0v) is 11.1. The summed E-state index contributed by atoms with van der Waals surface area (Å²) in [5.74, 6) is -1.19. The van der Waals surface area contributed by atoms with Crippen molar-refractivity contribution in [2.75, 3.05) is 11.4 Å². The maximum absolute atomic E-state index is 12.1. The number of nitrogens with two attached hydrogens (primary N) is 1. The lowest BCUT2D eigenvalue weighted by Crippen LogP contribution is -2.51. The summed E-state index contributed by atoms with van der Waals surface area (Å²) in [6.07, 6.45) is 1.01. The van der Waals surface area contributed by atoms with E-state index in [0.717, 1.165) is 17.5 Å². The highest BCUT2D eigenvalue weighted by Crippen LogP contribution is 2.35. The minimum atomic E-state index is -1.24. The first-order valence-electron chi connectivity index (χ1n) is 6.26. The number of amides is 1. The number of carbonyl (C=O) groups excluding carboxylic acids is 1. The summed E-state index contributed by atoms with van der Waals surface area (Å²) >= 11 is 0. The van der Waals surface area contributed by atoms with Gasteiger partial charge in [0.1, 0.15) is 5.54 Å². The van der Waals surface area contributed by atoms with Crippen molar-refractivity contribution in [2.45, 2.75) is 32.2 Å². The Hall–Kier alpha value is -1.88. The number of fused-ring (bicyclic) bond motifs is 1. The van der Waals surface area contributed by atoms with Gasteiger partial charge in [0.2, 0.25) is 5.91 Å². The molecule has 2 rings (SSSR count). The number of rotatable bonds is 4. The van der Waals surface area contributed by atoms with E-state index in [0.29, 0.717) is 12.2 Å². The summed E-state index contributed by atoms with van der Waals surface area (Å²) in [6.45, 7) is 3.63. The molecule has 5 heteroatoms. The van der Waals surface area contributed by atoms with Gasteiger partial charge in [-0.05, 0) is 44.0 Å². The van der Waals surface area contributed by atoms with Gasteiger partial charge in [0.15, 0.2) is 0 Å². The highest BCUT2D eigenvalue weighted by Gasteiger charge is 2.43. The molecule has 0 aromatic heterocycles. The predicted octanol–water partition coefficient (Wildman–Crippen LogP) is 0.940. The van der Waals surface area contributed by atoms with Gasteiger partial charge in [-0.2, -0.15) is 0 Å². The van der Waals surface area contributed by atoms with Crippen molar-refractivity contribution >= 4 is 17.6 Å². The van der Waals surface area contributed by atoms with Crippen LogP contribution < -0.4 is 10.6 Å². The fourth-order valence-electron chi connectivity index (χ4n) is 2.41. The van der Waals surface area contributed by atoms with Gasteiger partial charge in [-0.15, -0.1) is 0 Å². The maximum atomic E-state index is 12.1. The summed E-state index contributed by atoms with van der Waals surface area (Å²) in [6, 6.07) is 5.66. The molecule has 0 bridgehead atoms. The van der Waals surface area contributed by atoms with Gasteiger partial charge < -0.3 is 10.8 Å². The lowest BCUT2D eigenvalue weighted by atomic mass is 10.0. The number of hydrogen-bond acceptors (Lipinski definition) is 3. The zero-order valence-electron chi connectivity index (χ0n) is 11.1. The number of carboxylic acid groups (broad SMARTS) is 1.